The van der Waals surface area contributed by atoms with E-state index in [1.807, 2.05) is 81.7 Å². The van der Waals surface area contributed by atoms with E-state index in [9.17, 15) is 38.0 Å². The normalized spacial score (nSPS) is 16.9. The number of allylic oxidation sites excluding steroid dienone is 8. The number of aliphatic carboxylic acids is 2. The van der Waals surface area contributed by atoms with Crippen LogP contribution in [0.25, 0.3) is 0 Å². The van der Waals surface area contributed by atoms with Crippen LogP contribution in [-0.2, 0) is 39.9 Å². The van der Waals surface area contributed by atoms with Crippen LogP contribution in [0, 0.1) is 0 Å². The molecule has 0 aliphatic carbocycles. The van der Waals surface area contributed by atoms with Crippen molar-refractivity contribution in [3.05, 3.63) is 95.3 Å². The molecule has 4 rings (SSSR count). The van der Waals surface area contributed by atoms with Gasteiger partial charge in [-0.25, -0.2) is 8.42 Å². The molecule has 2 aromatic rings. The van der Waals surface area contributed by atoms with E-state index < -0.39 is 32.9 Å². The van der Waals surface area contributed by atoms with Crippen molar-refractivity contribution in [1.82, 2.24) is 0 Å². The van der Waals surface area contributed by atoms with Crippen molar-refractivity contribution in [3.63, 3.8) is 0 Å². The molecule has 0 N–H and O–H groups in total. The minimum Gasteiger partial charge on any atom is -0.744 e. The molecule has 0 spiro atoms. The largest absolute Gasteiger partial charge is 1.00 e. The first-order chi connectivity index (χ1) is 22.5. The summed E-state index contributed by atoms with van der Waals surface area (Å²) in [5, 5.41) is 36.4. The third-order valence-corrected chi connectivity index (χ3v) is 9.88. The first-order valence-electron chi connectivity index (χ1n) is 14.9. The van der Waals surface area contributed by atoms with Gasteiger partial charge in [-0.3, -0.25) is 5.04 Å². The van der Waals surface area contributed by atoms with Gasteiger partial charge in [0, 0.05) is 70.7 Å². The first-order valence-corrected chi connectivity index (χ1v) is 17.1. The predicted octanol–water partition coefficient (Wildman–Crippen LogP) is -6.77. The molecule has 0 saturated heterocycles. The second kappa shape index (κ2) is 20.0. The molecular weight excluding hydrogens is 729 g/mol. The molecule has 0 atom stereocenters. The van der Waals surface area contributed by atoms with Crippen LogP contribution in [0.5, 0.6) is 0 Å². The molecule has 0 saturated carbocycles. The number of anilines is 1. The number of benzene rings is 2. The van der Waals surface area contributed by atoms with E-state index in [4.69, 9.17) is 0 Å². The van der Waals surface area contributed by atoms with Gasteiger partial charge in [-0.2, -0.15) is 8.91 Å². The molecule has 256 valence electrons. The topological polar surface area (TPSA) is 185 Å². The fourth-order valence-electron chi connectivity index (χ4n) is 6.10. The number of hydrogen-bond acceptors (Lipinski definition) is 12. The van der Waals surface area contributed by atoms with Crippen molar-refractivity contribution < 1.29 is 141 Å². The fourth-order valence-corrected chi connectivity index (χ4v) is 6.99. The van der Waals surface area contributed by atoms with Crippen LogP contribution in [0.4, 0.5) is 11.4 Å². The van der Waals surface area contributed by atoms with Gasteiger partial charge >= 0.3 is 88.7 Å². The summed E-state index contributed by atoms with van der Waals surface area (Å²) in [5.41, 5.74) is 4.09. The Hall–Kier alpha value is -1.05. The van der Waals surface area contributed by atoms with Crippen LogP contribution >= 0.6 is 12.0 Å². The third kappa shape index (κ3) is 11.5. The van der Waals surface area contributed by atoms with Crippen molar-refractivity contribution in [1.29, 1.82) is 0 Å². The van der Waals surface area contributed by atoms with E-state index in [0.717, 1.165) is 34.6 Å². The monoisotopic (exact) mass is 764 g/mol. The van der Waals surface area contributed by atoms with Crippen molar-refractivity contribution >= 4 is 51.2 Å². The van der Waals surface area contributed by atoms with Gasteiger partial charge in [0.2, 0.25) is 5.69 Å². The average molecular weight is 765 g/mol. The molecule has 2 heterocycles. The van der Waals surface area contributed by atoms with Crippen LogP contribution in [0.2, 0.25) is 0 Å². The van der Waals surface area contributed by atoms with E-state index in [2.05, 4.69) is 9.37 Å². The Balaban J connectivity index is 0.00000433. The summed E-state index contributed by atoms with van der Waals surface area (Å²) in [6.45, 7) is 9.93. The number of rotatable bonds is 14. The van der Waals surface area contributed by atoms with Crippen molar-refractivity contribution in [2.75, 3.05) is 18.0 Å². The Morgan fingerprint density at radius 3 is 2.22 bits per heavy atom. The van der Waals surface area contributed by atoms with E-state index in [1.165, 1.54) is 18.2 Å². The molecule has 12 nitrogen and oxygen atoms in total. The second-order valence-corrected chi connectivity index (χ2v) is 14.5. The van der Waals surface area contributed by atoms with Gasteiger partial charge in [0.15, 0.2) is 12.3 Å². The third-order valence-electron chi connectivity index (χ3n) is 8.48. The first kappa shape index (κ1) is 48.0. The van der Waals surface area contributed by atoms with Crippen LogP contribution in [-0.4, -0.2) is 48.3 Å². The van der Waals surface area contributed by atoms with E-state index in [-0.39, 0.29) is 119 Å². The van der Waals surface area contributed by atoms with Gasteiger partial charge in [-0.05, 0) is 62.7 Å². The Labute approximate surface area is 369 Å². The Kier molecular flexibility index (Phi) is 18.8. The van der Waals surface area contributed by atoms with Crippen LogP contribution in [0.15, 0.2) is 93.9 Å². The number of nitrogens with zero attached hydrogens (tertiary/aromatic N) is 2. The smallest absolute Gasteiger partial charge is 0.744 e. The van der Waals surface area contributed by atoms with E-state index in [1.54, 1.807) is 17.0 Å². The van der Waals surface area contributed by atoms with Gasteiger partial charge in [0.25, 0.3) is 0 Å². The molecule has 0 fully saturated rings. The zero-order valence-electron chi connectivity index (χ0n) is 30.1. The summed E-state index contributed by atoms with van der Waals surface area (Å²) < 4.78 is 41.5. The van der Waals surface area contributed by atoms with E-state index in [0.29, 0.717) is 21.8 Å². The summed E-state index contributed by atoms with van der Waals surface area (Å²) in [6.07, 6.45) is 10.7. The van der Waals surface area contributed by atoms with Gasteiger partial charge < -0.3 is 34.5 Å². The number of hydrogen-bond donors (Lipinski definition) is 0. The maximum Gasteiger partial charge on any atom is 1.00 e. The standard InChI is InChI=1S/C34H38N2O10S2.3Na/c1-22(8-6-10-29-33(2,3)25-20-23(47-46-45-41)12-14-27(25)35(29)18-16-31(37)38)9-7-11-30-34(4,5)26-21-24(48(42,43)44)13-15-28(26)36(30)19-17-32(39)40;;;/h6-15,20-21H,16-19H2,1-5H3,(H3-,37,38,39,40,41,42,43,44);;;/q;3*+1/p-3. The molecule has 51 heavy (non-hydrogen) atoms. The second-order valence-electron chi connectivity index (χ2n) is 12.4. The number of fused-ring (bicyclic) bond motifs is 2. The quantitative estimate of drug-likeness (QED) is 0.0338. The van der Waals surface area contributed by atoms with Gasteiger partial charge in [-0.1, -0.05) is 43.7 Å². The molecule has 2 aromatic carbocycles. The van der Waals surface area contributed by atoms with E-state index >= 15 is 0 Å². The molecule has 0 aromatic heterocycles. The minimum atomic E-state index is -4.69. The molecule has 0 radical (unpaired) electrons. The number of carbonyl (C=O) groups excluding carboxylic acids is 2. The minimum absolute atomic E-state index is 0. The Morgan fingerprint density at radius 2 is 1.61 bits per heavy atom. The maximum atomic E-state index is 11.7. The zero-order chi connectivity index (χ0) is 35.4. The number of carboxylic acid groups (broad SMARTS) is 2. The van der Waals surface area contributed by atoms with Gasteiger partial charge in [-0.15, -0.1) is 0 Å². The number of carbonyl (C=O) groups is 2. The van der Waals surface area contributed by atoms with Crippen molar-refractivity contribution in [2.45, 2.75) is 68.1 Å². The SMILES string of the molecule is CC(/C=C/C=C1/N(CCC(=O)[O-])c2ccc(S(=O)(=O)[O-])cc2C1(C)C)=C\C=C\C1=[N+](CCC(=O)[O-])c2ccc(SOO[O-])cc2C1(C)C.[Na+].[Na+].[Na+]. The predicted molar refractivity (Wildman–Crippen MR) is 171 cm³/mol. The summed E-state index contributed by atoms with van der Waals surface area (Å²) in [5.74, 6) is -2.40. The van der Waals surface area contributed by atoms with Crippen LogP contribution in [0.1, 0.15) is 58.6 Å². The molecule has 0 unspecified atom stereocenters. The van der Waals surface area contributed by atoms with Crippen molar-refractivity contribution in [2.24, 2.45) is 0 Å². The molecule has 0 amide bonds. The maximum absolute atomic E-state index is 11.7. The zero-order valence-corrected chi connectivity index (χ0v) is 37.7. The van der Waals surface area contributed by atoms with Gasteiger partial charge in [0.1, 0.15) is 10.1 Å². The fraction of sp³-hybridized carbons (Fsp3) is 0.324. The summed E-state index contributed by atoms with van der Waals surface area (Å²) in [7, 11) is -4.69. The van der Waals surface area contributed by atoms with Gasteiger partial charge in [0.05, 0.1) is 22.4 Å². The molecular formula is C34H35N2Na3O10S2. The number of carboxylic acids is 2. The van der Waals surface area contributed by atoms with Crippen LogP contribution < -0.4 is 109 Å². The summed E-state index contributed by atoms with van der Waals surface area (Å²) >= 11 is 0.773. The Morgan fingerprint density at radius 1 is 0.941 bits per heavy atom. The summed E-state index contributed by atoms with van der Waals surface area (Å²) in [6, 6.07) is 9.52. The molecule has 2 aliphatic heterocycles. The van der Waals surface area contributed by atoms with Crippen LogP contribution in [0.3, 0.4) is 0 Å². The molecule has 0 bridgehead atoms. The molecule has 2 aliphatic rings. The summed E-state index contributed by atoms with van der Waals surface area (Å²) in [4.78, 5) is 24.7. The average Bonchev–Trinajstić information content (AvgIpc) is 3.35. The molecule has 17 heteroatoms. The Bertz CT molecular complexity index is 1890. The van der Waals surface area contributed by atoms with Crippen molar-refractivity contribution in [3.8, 4) is 0 Å².